The van der Waals surface area contributed by atoms with Gasteiger partial charge in [-0.3, -0.25) is 4.79 Å². The minimum atomic E-state index is 0. The van der Waals surface area contributed by atoms with Crippen LogP contribution in [0.2, 0.25) is 10.2 Å². The quantitative estimate of drug-likeness (QED) is 0.313. The zero-order valence-corrected chi connectivity index (χ0v) is 18.3. The number of aromatic nitrogens is 1. The number of amides is 1. The molecule has 0 atom stereocenters. The van der Waals surface area contributed by atoms with Gasteiger partial charge in [0.2, 0.25) is 5.91 Å². The molecule has 0 aliphatic carbocycles. The molecule has 24 heavy (non-hydrogen) atoms. The number of aliphatic imine (C=N–C) groups is 1. The first-order chi connectivity index (χ1) is 10.8. The van der Waals surface area contributed by atoms with Crippen molar-refractivity contribution < 1.29 is 4.79 Å². The highest BCUT2D eigenvalue weighted by molar-refractivity contribution is 14.0. The van der Waals surface area contributed by atoms with E-state index in [0.29, 0.717) is 35.6 Å². The van der Waals surface area contributed by atoms with Gasteiger partial charge in [0.1, 0.15) is 5.15 Å². The maximum atomic E-state index is 11.6. The zero-order valence-electron chi connectivity index (χ0n) is 14.4. The van der Waals surface area contributed by atoms with Gasteiger partial charge in [0.25, 0.3) is 0 Å². The van der Waals surface area contributed by atoms with E-state index in [9.17, 15) is 4.79 Å². The fourth-order valence-electron chi connectivity index (χ4n) is 1.93. The Hall–Kier alpha value is -0.670. The number of guanidine groups is 1. The van der Waals surface area contributed by atoms with Gasteiger partial charge in [-0.05, 0) is 26.8 Å². The second-order valence-electron chi connectivity index (χ2n) is 5.43. The summed E-state index contributed by atoms with van der Waals surface area (Å²) in [5, 5.41) is 10.1. The van der Waals surface area contributed by atoms with Crippen LogP contribution >= 0.6 is 47.2 Å². The molecule has 9 heteroatoms. The molecule has 0 saturated carbocycles. The predicted molar refractivity (Wildman–Crippen MR) is 112 cm³/mol. The van der Waals surface area contributed by atoms with E-state index in [1.165, 1.54) is 0 Å². The lowest BCUT2D eigenvalue weighted by atomic mass is 10.3. The van der Waals surface area contributed by atoms with Crippen molar-refractivity contribution in [2.45, 2.75) is 39.8 Å². The molecule has 0 unspecified atom stereocenters. The van der Waals surface area contributed by atoms with Crippen molar-refractivity contribution >= 4 is 59.0 Å². The molecule has 138 valence electrons. The Morgan fingerprint density at radius 1 is 1.33 bits per heavy atom. The lowest BCUT2D eigenvalue weighted by molar-refractivity contribution is -0.121. The van der Waals surface area contributed by atoms with E-state index in [0.717, 1.165) is 12.2 Å². The van der Waals surface area contributed by atoms with Crippen molar-refractivity contribution in [3.63, 3.8) is 0 Å². The highest BCUT2D eigenvalue weighted by atomic mass is 127. The molecule has 3 N–H and O–H groups in total. The third-order valence-electron chi connectivity index (χ3n) is 3.05. The van der Waals surface area contributed by atoms with Gasteiger partial charge in [-0.1, -0.05) is 23.2 Å². The Kier molecular flexibility index (Phi) is 11.5. The second kappa shape index (κ2) is 11.8. The number of nitrogens with one attached hydrogen (secondary N) is 3. The molecule has 0 fully saturated rings. The Morgan fingerprint density at radius 2 is 2.00 bits per heavy atom. The molecular weight excluding hydrogens is 464 g/mol. The minimum absolute atomic E-state index is 0. The van der Waals surface area contributed by atoms with Crippen LogP contribution in [0.15, 0.2) is 11.1 Å². The zero-order chi connectivity index (χ0) is 17.4. The minimum Gasteiger partial charge on any atom is -0.357 e. The molecule has 0 radical (unpaired) electrons. The van der Waals surface area contributed by atoms with E-state index in [2.05, 4.69) is 20.9 Å². The normalized spacial score (nSPS) is 11.2. The topological polar surface area (TPSA) is 70.5 Å². The van der Waals surface area contributed by atoms with Crippen molar-refractivity contribution in [1.82, 2.24) is 20.5 Å². The highest BCUT2D eigenvalue weighted by Gasteiger charge is 2.09. The van der Waals surface area contributed by atoms with Gasteiger partial charge in [0, 0.05) is 38.3 Å². The molecule has 1 amide bonds. The molecule has 1 rings (SSSR count). The maximum absolute atomic E-state index is 11.6. The Labute approximate surface area is 170 Å². The number of halogens is 3. The molecule has 0 bridgehead atoms. The third-order valence-corrected chi connectivity index (χ3v) is 3.90. The number of carbonyl (C=O) groups excluding carboxylic acids is 1. The monoisotopic (exact) mass is 489 g/mol. The molecule has 1 aromatic heterocycles. The van der Waals surface area contributed by atoms with E-state index in [1.54, 1.807) is 10.6 Å². The highest BCUT2D eigenvalue weighted by Crippen LogP contribution is 2.25. The summed E-state index contributed by atoms with van der Waals surface area (Å²) in [7, 11) is 1.84. The van der Waals surface area contributed by atoms with Gasteiger partial charge >= 0.3 is 0 Å². The van der Waals surface area contributed by atoms with Crippen LogP contribution in [0, 0.1) is 0 Å². The summed E-state index contributed by atoms with van der Waals surface area (Å²) in [4.78, 5) is 16.1. The fourth-order valence-corrected chi connectivity index (χ4v) is 2.35. The average molecular weight is 490 g/mol. The van der Waals surface area contributed by atoms with Crippen LogP contribution < -0.4 is 16.0 Å². The van der Waals surface area contributed by atoms with E-state index in [4.69, 9.17) is 23.2 Å². The Bertz CT molecular complexity index is 560. The standard InChI is InChI=1S/C15H25Cl2N5O.HI/c1-5-18-15(19-7-6-13(23)21-10(2)3)20-9-11-8-12(16)14(17)22(11)4;/h8,10H,5-7,9H2,1-4H3,(H,21,23)(H2,18,19,20);1H. The molecule has 1 heterocycles. The van der Waals surface area contributed by atoms with Gasteiger partial charge in [0.05, 0.1) is 11.6 Å². The van der Waals surface area contributed by atoms with E-state index in [-0.39, 0.29) is 35.9 Å². The van der Waals surface area contributed by atoms with E-state index in [1.807, 2.05) is 27.8 Å². The largest absolute Gasteiger partial charge is 0.357 e. The summed E-state index contributed by atoms with van der Waals surface area (Å²) in [5.74, 6) is 0.669. The number of rotatable bonds is 7. The van der Waals surface area contributed by atoms with Crippen molar-refractivity contribution in [1.29, 1.82) is 0 Å². The maximum Gasteiger partial charge on any atom is 0.221 e. The van der Waals surface area contributed by atoms with E-state index >= 15 is 0 Å². The summed E-state index contributed by atoms with van der Waals surface area (Å²) in [6.07, 6.45) is 0.393. The van der Waals surface area contributed by atoms with Crippen molar-refractivity contribution in [2.75, 3.05) is 13.1 Å². The fraction of sp³-hybridized carbons (Fsp3) is 0.600. The Morgan fingerprint density at radius 3 is 2.50 bits per heavy atom. The van der Waals surface area contributed by atoms with Gasteiger partial charge in [-0.15, -0.1) is 24.0 Å². The molecule has 0 aromatic carbocycles. The summed E-state index contributed by atoms with van der Waals surface area (Å²) in [6, 6.07) is 1.95. The first-order valence-corrected chi connectivity index (χ1v) is 8.41. The molecule has 0 aliphatic heterocycles. The van der Waals surface area contributed by atoms with Gasteiger partial charge in [-0.25, -0.2) is 4.99 Å². The van der Waals surface area contributed by atoms with Crippen LogP contribution in [0.3, 0.4) is 0 Å². The second-order valence-corrected chi connectivity index (χ2v) is 6.19. The number of hydrogen-bond acceptors (Lipinski definition) is 2. The summed E-state index contributed by atoms with van der Waals surface area (Å²) in [5.41, 5.74) is 0.912. The average Bonchev–Trinajstić information content (AvgIpc) is 2.71. The van der Waals surface area contributed by atoms with Crippen molar-refractivity contribution in [2.24, 2.45) is 12.0 Å². The van der Waals surface area contributed by atoms with Crippen LogP contribution in [-0.4, -0.2) is 35.6 Å². The van der Waals surface area contributed by atoms with Crippen LogP contribution in [-0.2, 0) is 18.4 Å². The van der Waals surface area contributed by atoms with Crippen molar-refractivity contribution in [3.05, 3.63) is 21.9 Å². The molecule has 0 saturated heterocycles. The SMILES string of the molecule is CCNC(=NCc1cc(Cl)c(Cl)n1C)NCCC(=O)NC(C)C.I. The third kappa shape index (κ3) is 7.94. The summed E-state index contributed by atoms with van der Waals surface area (Å²) >= 11 is 12.0. The van der Waals surface area contributed by atoms with E-state index < -0.39 is 0 Å². The van der Waals surface area contributed by atoms with Crippen LogP contribution in [0.1, 0.15) is 32.9 Å². The van der Waals surface area contributed by atoms with Crippen LogP contribution in [0.5, 0.6) is 0 Å². The molecule has 6 nitrogen and oxygen atoms in total. The summed E-state index contributed by atoms with van der Waals surface area (Å²) < 4.78 is 1.80. The first-order valence-electron chi connectivity index (χ1n) is 7.66. The Balaban J connectivity index is 0.00000529. The summed E-state index contributed by atoms with van der Waals surface area (Å²) in [6.45, 7) is 7.55. The van der Waals surface area contributed by atoms with Gasteiger partial charge in [-0.2, -0.15) is 0 Å². The number of carbonyl (C=O) groups is 1. The number of hydrogen-bond donors (Lipinski definition) is 3. The van der Waals surface area contributed by atoms with Crippen LogP contribution in [0.4, 0.5) is 0 Å². The molecular formula is C15H26Cl2IN5O. The lowest BCUT2D eigenvalue weighted by Crippen LogP contribution is -2.40. The van der Waals surface area contributed by atoms with Gasteiger partial charge in [0.15, 0.2) is 5.96 Å². The molecule has 0 aliphatic rings. The number of nitrogens with zero attached hydrogens (tertiary/aromatic N) is 2. The smallest absolute Gasteiger partial charge is 0.221 e. The van der Waals surface area contributed by atoms with Crippen LogP contribution in [0.25, 0.3) is 0 Å². The first kappa shape index (κ1) is 23.3. The lowest BCUT2D eigenvalue weighted by Gasteiger charge is -2.12. The van der Waals surface area contributed by atoms with Crippen molar-refractivity contribution in [3.8, 4) is 0 Å². The molecule has 0 spiro atoms. The molecule has 1 aromatic rings. The predicted octanol–water partition coefficient (Wildman–Crippen LogP) is 2.92. The van der Waals surface area contributed by atoms with Gasteiger partial charge < -0.3 is 20.5 Å².